The van der Waals surface area contributed by atoms with Gasteiger partial charge in [0.05, 0.1) is 12.2 Å². The molecule has 4 heteroatoms. The summed E-state index contributed by atoms with van der Waals surface area (Å²) in [7, 11) is 0. The molecule has 1 N–H and O–H groups in total. The molecule has 2 aliphatic rings. The fourth-order valence-corrected chi connectivity index (χ4v) is 3.06. The summed E-state index contributed by atoms with van der Waals surface area (Å²) in [6.07, 6.45) is 4.20. The Kier molecular flexibility index (Phi) is 3.07. The zero-order valence-electron chi connectivity index (χ0n) is 9.46. The highest BCUT2D eigenvalue weighted by atomic mass is 35.5. The predicted octanol–water partition coefficient (Wildman–Crippen LogP) is 2.89. The number of nitrogens with one attached hydrogen (secondary N) is 1. The second-order valence-corrected chi connectivity index (χ2v) is 5.31. The molecule has 2 heterocycles. The molecule has 1 aromatic rings. The molecule has 17 heavy (non-hydrogen) atoms. The maximum atomic E-state index is 13.1. The van der Waals surface area contributed by atoms with E-state index in [9.17, 15) is 4.39 Å². The van der Waals surface area contributed by atoms with Crippen LogP contribution in [0.3, 0.4) is 0 Å². The van der Waals surface area contributed by atoms with Gasteiger partial charge in [-0.1, -0.05) is 11.6 Å². The van der Waals surface area contributed by atoms with E-state index < -0.39 is 0 Å². The highest BCUT2D eigenvalue weighted by molar-refractivity contribution is 6.30. The van der Waals surface area contributed by atoms with Crippen molar-refractivity contribution in [3.63, 3.8) is 0 Å². The van der Waals surface area contributed by atoms with Gasteiger partial charge in [-0.05, 0) is 43.0 Å². The third-order valence-electron chi connectivity index (χ3n) is 3.60. The van der Waals surface area contributed by atoms with Crippen molar-refractivity contribution in [1.29, 1.82) is 0 Å². The van der Waals surface area contributed by atoms with Crippen molar-refractivity contribution in [2.24, 2.45) is 0 Å². The van der Waals surface area contributed by atoms with Gasteiger partial charge in [0.1, 0.15) is 5.82 Å². The van der Waals surface area contributed by atoms with Gasteiger partial charge >= 0.3 is 0 Å². The molecule has 3 atom stereocenters. The van der Waals surface area contributed by atoms with Gasteiger partial charge < -0.3 is 10.1 Å². The van der Waals surface area contributed by atoms with E-state index in [2.05, 4.69) is 5.32 Å². The highest BCUT2D eigenvalue weighted by Gasteiger charge is 2.40. The van der Waals surface area contributed by atoms with Gasteiger partial charge in [-0.15, -0.1) is 0 Å². The van der Waals surface area contributed by atoms with Crippen LogP contribution >= 0.6 is 11.6 Å². The van der Waals surface area contributed by atoms with Gasteiger partial charge in [0, 0.05) is 17.6 Å². The standard InChI is InChI=1S/C13H15ClFNO/c14-9-3-8(4-10(15)5-9)7-16-12-6-11-1-2-13(12)17-11/h3-5,11-13,16H,1-2,6-7H2. The summed E-state index contributed by atoms with van der Waals surface area (Å²) in [5.74, 6) is -0.279. The third-order valence-corrected chi connectivity index (χ3v) is 3.81. The van der Waals surface area contributed by atoms with Gasteiger partial charge in [-0.3, -0.25) is 0 Å². The summed E-state index contributed by atoms with van der Waals surface area (Å²) in [5.41, 5.74) is 0.887. The van der Waals surface area contributed by atoms with Gasteiger partial charge in [0.25, 0.3) is 0 Å². The lowest BCUT2D eigenvalue weighted by Gasteiger charge is -2.20. The van der Waals surface area contributed by atoms with Crippen LogP contribution in [0, 0.1) is 5.82 Å². The van der Waals surface area contributed by atoms with Crippen LogP contribution in [0.5, 0.6) is 0 Å². The van der Waals surface area contributed by atoms with Crippen LogP contribution in [-0.2, 0) is 11.3 Å². The normalized spacial score (nSPS) is 31.1. The third kappa shape index (κ3) is 2.46. The fraction of sp³-hybridized carbons (Fsp3) is 0.538. The van der Waals surface area contributed by atoms with E-state index >= 15 is 0 Å². The molecule has 0 amide bonds. The second kappa shape index (κ2) is 4.56. The van der Waals surface area contributed by atoms with Crippen molar-refractivity contribution in [2.45, 2.75) is 44.1 Å². The van der Waals surface area contributed by atoms with Gasteiger partial charge in [-0.2, -0.15) is 0 Å². The smallest absolute Gasteiger partial charge is 0.125 e. The Bertz CT molecular complexity index is 406. The number of hydrogen-bond donors (Lipinski definition) is 1. The van der Waals surface area contributed by atoms with E-state index in [-0.39, 0.29) is 5.82 Å². The Morgan fingerprint density at radius 1 is 1.35 bits per heavy atom. The molecule has 2 fully saturated rings. The summed E-state index contributed by atoms with van der Waals surface area (Å²) in [4.78, 5) is 0. The minimum absolute atomic E-state index is 0.279. The van der Waals surface area contributed by atoms with Crippen molar-refractivity contribution >= 4 is 11.6 Å². The van der Waals surface area contributed by atoms with Crippen molar-refractivity contribution in [3.8, 4) is 0 Å². The van der Waals surface area contributed by atoms with E-state index in [1.165, 1.54) is 18.6 Å². The first-order chi connectivity index (χ1) is 8.20. The average molecular weight is 256 g/mol. The summed E-state index contributed by atoms with van der Waals surface area (Å²) < 4.78 is 18.9. The average Bonchev–Trinajstić information content (AvgIpc) is 2.86. The lowest BCUT2D eigenvalue weighted by molar-refractivity contribution is 0.0973. The maximum Gasteiger partial charge on any atom is 0.125 e. The Morgan fingerprint density at radius 2 is 2.24 bits per heavy atom. The van der Waals surface area contributed by atoms with Crippen molar-refractivity contribution < 1.29 is 9.13 Å². The summed E-state index contributed by atoms with van der Waals surface area (Å²) in [6.45, 7) is 0.648. The van der Waals surface area contributed by atoms with Crippen LogP contribution in [0.4, 0.5) is 4.39 Å². The SMILES string of the molecule is Fc1cc(Cl)cc(CNC2CC3CCC2O3)c1. The minimum Gasteiger partial charge on any atom is -0.373 e. The molecule has 1 aromatic carbocycles. The Morgan fingerprint density at radius 3 is 2.88 bits per heavy atom. The van der Waals surface area contributed by atoms with Crippen molar-refractivity contribution in [3.05, 3.63) is 34.6 Å². The molecule has 2 saturated heterocycles. The van der Waals surface area contributed by atoms with Crippen molar-refractivity contribution in [1.82, 2.24) is 5.32 Å². The molecule has 0 radical (unpaired) electrons. The number of benzene rings is 1. The number of halogens is 2. The van der Waals surface area contributed by atoms with Crippen LogP contribution in [0.15, 0.2) is 18.2 Å². The molecular weight excluding hydrogens is 241 g/mol. The first-order valence-corrected chi connectivity index (χ1v) is 6.42. The lowest BCUT2D eigenvalue weighted by atomic mass is 9.95. The Labute approximate surface area is 105 Å². The molecule has 3 unspecified atom stereocenters. The molecular formula is C13H15ClFNO. The first kappa shape index (κ1) is 11.5. The highest BCUT2D eigenvalue weighted by Crippen LogP contribution is 2.34. The van der Waals surface area contributed by atoms with Gasteiger partial charge in [0.15, 0.2) is 0 Å². The predicted molar refractivity (Wildman–Crippen MR) is 64.5 cm³/mol. The Hall–Kier alpha value is -0.640. The van der Waals surface area contributed by atoms with Crippen LogP contribution in [0.25, 0.3) is 0 Å². The topological polar surface area (TPSA) is 21.3 Å². The number of ether oxygens (including phenoxy) is 1. The van der Waals surface area contributed by atoms with Crippen molar-refractivity contribution in [2.75, 3.05) is 0 Å². The zero-order valence-corrected chi connectivity index (χ0v) is 10.2. The fourth-order valence-electron chi connectivity index (χ4n) is 2.81. The van der Waals surface area contributed by atoms with Crippen LogP contribution in [0.1, 0.15) is 24.8 Å². The molecule has 0 aliphatic carbocycles. The summed E-state index contributed by atoms with van der Waals surface area (Å²) in [5, 5.41) is 3.88. The maximum absolute atomic E-state index is 13.1. The minimum atomic E-state index is -0.279. The molecule has 0 saturated carbocycles. The van der Waals surface area contributed by atoms with Gasteiger partial charge in [-0.25, -0.2) is 4.39 Å². The quantitative estimate of drug-likeness (QED) is 0.897. The summed E-state index contributed by atoms with van der Waals surface area (Å²) >= 11 is 5.82. The second-order valence-electron chi connectivity index (χ2n) is 4.87. The van der Waals surface area contributed by atoms with Crippen LogP contribution in [-0.4, -0.2) is 18.2 Å². The molecule has 3 rings (SSSR count). The van der Waals surface area contributed by atoms with Crippen LogP contribution < -0.4 is 5.32 Å². The first-order valence-electron chi connectivity index (χ1n) is 6.04. The van der Waals surface area contributed by atoms with E-state index in [0.29, 0.717) is 29.8 Å². The van der Waals surface area contributed by atoms with Crippen LogP contribution in [0.2, 0.25) is 5.02 Å². The van der Waals surface area contributed by atoms with E-state index in [1.54, 1.807) is 6.07 Å². The lowest BCUT2D eigenvalue weighted by Crippen LogP contribution is -2.36. The van der Waals surface area contributed by atoms with E-state index in [1.807, 2.05) is 0 Å². The molecule has 92 valence electrons. The van der Waals surface area contributed by atoms with E-state index in [4.69, 9.17) is 16.3 Å². The Balaban J connectivity index is 1.60. The number of hydrogen-bond acceptors (Lipinski definition) is 2. The molecule has 0 spiro atoms. The molecule has 2 nitrogen and oxygen atoms in total. The largest absolute Gasteiger partial charge is 0.373 e. The molecule has 0 aromatic heterocycles. The number of fused-ring (bicyclic) bond motifs is 2. The van der Waals surface area contributed by atoms with Gasteiger partial charge in [0.2, 0.25) is 0 Å². The molecule has 2 bridgehead atoms. The summed E-state index contributed by atoms with van der Waals surface area (Å²) in [6, 6.07) is 5.06. The zero-order chi connectivity index (χ0) is 11.8. The number of rotatable bonds is 3. The monoisotopic (exact) mass is 255 g/mol. The molecule has 2 aliphatic heterocycles. The van der Waals surface area contributed by atoms with E-state index in [0.717, 1.165) is 18.4 Å².